The number of carbonyl (C=O) groups excluding carboxylic acids is 1. The fourth-order valence-corrected chi connectivity index (χ4v) is 2.31. The SMILES string of the molecule is Cc1ccc(SCC(=O)Nc2nccs2)nc1. The maximum atomic E-state index is 11.6. The van der Waals surface area contributed by atoms with Crippen LogP contribution in [0.3, 0.4) is 0 Å². The lowest BCUT2D eigenvalue weighted by Crippen LogP contribution is -2.13. The lowest BCUT2D eigenvalue weighted by atomic mass is 10.3. The summed E-state index contributed by atoms with van der Waals surface area (Å²) in [6.45, 7) is 1.98. The third-order valence-corrected chi connectivity index (χ3v) is 3.55. The molecule has 17 heavy (non-hydrogen) atoms. The van der Waals surface area contributed by atoms with E-state index in [1.54, 1.807) is 12.4 Å². The number of rotatable bonds is 4. The van der Waals surface area contributed by atoms with Crippen LogP contribution in [0.5, 0.6) is 0 Å². The average Bonchev–Trinajstić information content (AvgIpc) is 2.81. The molecule has 4 nitrogen and oxygen atoms in total. The molecular formula is C11H11N3OS2. The van der Waals surface area contributed by atoms with Crippen LogP contribution >= 0.6 is 23.1 Å². The minimum Gasteiger partial charge on any atom is -0.301 e. The lowest BCUT2D eigenvalue weighted by Gasteiger charge is -2.01. The standard InChI is InChI=1S/C11H11N3OS2/c1-8-2-3-10(13-6-8)17-7-9(15)14-11-12-4-5-16-11/h2-6H,7H2,1H3,(H,12,14,15). The van der Waals surface area contributed by atoms with Crippen LogP contribution in [0.25, 0.3) is 0 Å². The van der Waals surface area contributed by atoms with Crippen LogP contribution in [-0.2, 0) is 4.79 Å². The number of carbonyl (C=O) groups is 1. The molecule has 2 aromatic rings. The largest absolute Gasteiger partial charge is 0.301 e. The van der Waals surface area contributed by atoms with Crippen molar-refractivity contribution in [2.45, 2.75) is 11.9 Å². The molecule has 1 amide bonds. The van der Waals surface area contributed by atoms with Gasteiger partial charge in [-0.1, -0.05) is 17.8 Å². The molecule has 0 fully saturated rings. The third kappa shape index (κ3) is 3.83. The van der Waals surface area contributed by atoms with Crippen molar-refractivity contribution >= 4 is 34.1 Å². The molecule has 1 N–H and O–H groups in total. The number of nitrogens with zero attached hydrogens (tertiary/aromatic N) is 2. The van der Waals surface area contributed by atoms with Crippen LogP contribution in [0.15, 0.2) is 34.9 Å². The van der Waals surface area contributed by atoms with E-state index < -0.39 is 0 Å². The molecule has 2 aromatic heterocycles. The molecule has 2 heterocycles. The minimum atomic E-state index is -0.0627. The van der Waals surface area contributed by atoms with Gasteiger partial charge in [-0.15, -0.1) is 11.3 Å². The molecule has 2 rings (SSSR count). The maximum Gasteiger partial charge on any atom is 0.236 e. The highest BCUT2D eigenvalue weighted by molar-refractivity contribution is 7.99. The molecular weight excluding hydrogens is 254 g/mol. The lowest BCUT2D eigenvalue weighted by molar-refractivity contribution is -0.113. The summed E-state index contributed by atoms with van der Waals surface area (Å²) in [6.07, 6.45) is 3.45. The fraction of sp³-hybridized carbons (Fsp3) is 0.182. The Morgan fingerprint density at radius 1 is 1.47 bits per heavy atom. The number of anilines is 1. The molecule has 0 radical (unpaired) electrons. The van der Waals surface area contributed by atoms with Crippen molar-refractivity contribution in [1.29, 1.82) is 0 Å². The molecule has 88 valence electrons. The van der Waals surface area contributed by atoms with Crippen molar-refractivity contribution in [3.05, 3.63) is 35.5 Å². The first-order valence-corrected chi connectivity index (χ1v) is 6.85. The Hall–Kier alpha value is -1.40. The van der Waals surface area contributed by atoms with E-state index in [4.69, 9.17) is 0 Å². The Morgan fingerprint density at radius 3 is 3.00 bits per heavy atom. The number of hydrogen-bond donors (Lipinski definition) is 1. The Labute approximate surface area is 107 Å². The number of thiazole rings is 1. The first kappa shape index (κ1) is 12.1. The van der Waals surface area contributed by atoms with Gasteiger partial charge in [-0.2, -0.15) is 0 Å². The number of pyridine rings is 1. The van der Waals surface area contributed by atoms with E-state index in [1.807, 2.05) is 24.4 Å². The van der Waals surface area contributed by atoms with Gasteiger partial charge in [0.05, 0.1) is 10.8 Å². The van der Waals surface area contributed by atoms with E-state index in [-0.39, 0.29) is 5.91 Å². The van der Waals surface area contributed by atoms with Gasteiger partial charge in [0.1, 0.15) is 0 Å². The van der Waals surface area contributed by atoms with Gasteiger partial charge >= 0.3 is 0 Å². The molecule has 0 bridgehead atoms. The number of aryl methyl sites for hydroxylation is 1. The van der Waals surface area contributed by atoms with Gasteiger partial charge in [0, 0.05) is 17.8 Å². The van der Waals surface area contributed by atoms with Crippen LogP contribution in [0.2, 0.25) is 0 Å². The molecule has 0 aliphatic rings. The molecule has 0 aromatic carbocycles. The summed E-state index contributed by atoms with van der Waals surface area (Å²) in [4.78, 5) is 19.8. The van der Waals surface area contributed by atoms with Crippen LogP contribution in [0, 0.1) is 6.92 Å². The molecule has 6 heteroatoms. The predicted molar refractivity (Wildman–Crippen MR) is 70.4 cm³/mol. The summed E-state index contributed by atoms with van der Waals surface area (Å²) in [5.74, 6) is 0.280. The topological polar surface area (TPSA) is 54.9 Å². The second-order valence-corrected chi connectivity index (χ2v) is 5.24. The highest BCUT2D eigenvalue weighted by Gasteiger charge is 2.05. The van der Waals surface area contributed by atoms with Crippen molar-refractivity contribution in [3.8, 4) is 0 Å². The number of hydrogen-bond acceptors (Lipinski definition) is 5. The fourth-order valence-electron chi connectivity index (χ4n) is 1.12. The van der Waals surface area contributed by atoms with E-state index in [9.17, 15) is 4.79 Å². The molecule has 0 aliphatic carbocycles. The molecule has 0 aliphatic heterocycles. The number of aromatic nitrogens is 2. The average molecular weight is 265 g/mol. The van der Waals surface area contributed by atoms with E-state index in [0.29, 0.717) is 10.9 Å². The number of amides is 1. The Bertz CT molecular complexity index is 482. The van der Waals surface area contributed by atoms with Gasteiger partial charge in [0.25, 0.3) is 0 Å². The Balaban J connectivity index is 1.82. The maximum absolute atomic E-state index is 11.6. The Kier molecular flexibility index (Phi) is 4.11. The van der Waals surface area contributed by atoms with E-state index in [1.165, 1.54) is 23.1 Å². The molecule has 0 saturated carbocycles. The van der Waals surface area contributed by atoms with Crippen molar-refractivity contribution < 1.29 is 4.79 Å². The van der Waals surface area contributed by atoms with Crippen molar-refractivity contribution in [1.82, 2.24) is 9.97 Å². The van der Waals surface area contributed by atoms with Crippen LogP contribution in [0.4, 0.5) is 5.13 Å². The summed E-state index contributed by atoms with van der Waals surface area (Å²) in [6, 6.07) is 3.89. The smallest absolute Gasteiger partial charge is 0.236 e. The highest BCUT2D eigenvalue weighted by atomic mass is 32.2. The summed E-state index contributed by atoms with van der Waals surface area (Å²) in [7, 11) is 0. The Morgan fingerprint density at radius 2 is 2.35 bits per heavy atom. The molecule has 0 unspecified atom stereocenters. The third-order valence-electron chi connectivity index (χ3n) is 1.91. The van der Waals surface area contributed by atoms with Gasteiger partial charge in [-0.05, 0) is 18.6 Å². The van der Waals surface area contributed by atoms with Crippen molar-refractivity contribution in [2.24, 2.45) is 0 Å². The predicted octanol–water partition coefficient (Wildman–Crippen LogP) is 2.58. The molecule has 0 saturated heterocycles. The summed E-state index contributed by atoms with van der Waals surface area (Å²) >= 11 is 2.82. The van der Waals surface area contributed by atoms with Gasteiger partial charge in [-0.25, -0.2) is 9.97 Å². The monoisotopic (exact) mass is 265 g/mol. The molecule has 0 spiro atoms. The number of nitrogens with one attached hydrogen (secondary N) is 1. The second-order valence-electron chi connectivity index (χ2n) is 3.35. The van der Waals surface area contributed by atoms with Crippen LogP contribution in [0.1, 0.15) is 5.56 Å². The summed E-state index contributed by atoms with van der Waals surface area (Å²) in [5.41, 5.74) is 1.11. The zero-order valence-electron chi connectivity index (χ0n) is 9.21. The zero-order valence-corrected chi connectivity index (χ0v) is 10.8. The van der Waals surface area contributed by atoms with Crippen molar-refractivity contribution in [2.75, 3.05) is 11.1 Å². The zero-order chi connectivity index (χ0) is 12.1. The van der Waals surface area contributed by atoms with Gasteiger partial charge in [-0.3, -0.25) is 4.79 Å². The first-order chi connectivity index (χ1) is 8.24. The minimum absolute atomic E-state index is 0.0627. The van der Waals surface area contributed by atoms with E-state index in [2.05, 4.69) is 15.3 Å². The molecule has 0 atom stereocenters. The van der Waals surface area contributed by atoms with Gasteiger partial charge < -0.3 is 5.32 Å². The first-order valence-electron chi connectivity index (χ1n) is 4.99. The second kappa shape index (κ2) is 5.79. The van der Waals surface area contributed by atoms with E-state index in [0.717, 1.165) is 10.6 Å². The van der Waals surface area contributed by atoms with Gasteiger partial charge in [0.2, 0.25) is 5.91 Å². The van der Waals surface area contributed by atoms with Crippen LogP contribution < -0.4 is 5.32 Å². The van der Waals surface area contributed by atoms with E-state index >= 15 is 0 Å². The highest BCUT2D eigenvalue weighted by Crippen LogP contribution is 2.16. The summed E-state index contributed by atoms with van der Waals surface area (Å²) in [5, 5.41) is 6.03. The number of thioether (sulfide) groups is 1. The normalized spacial score (nSPS) is 10.2. The summed E-state index contributed by atoms with van der Waals surface area (Å²) < 4.78 is 0. The van der Waals surface area contributed by atoms with Crippen molar-refractivity contribution in [3.63, 3.8) is 0 Å². The van der Waals surface area contributed by atoms with Gasteiger partial charge in [0.15, 0.2) is 5.13 Å². The van der Waals surface area contributed by atoms with Crippen LogP contribution in [-0.4, -0.2) is 21.6 Å². The quantitative estimate of drug-likeness (QED) is 0.863.